The van der Waals surface area contributed by atoms with Crippen LogP contribution in [-0.4, -0.2) is 28.9 Å². The Morgan fingerprint density at radius 2 is 1.63 bits per heavy atom. The van der Waals surface area contributed by atoms with Crippen molar-refractivity contribution in [1.29, 1.82) is 0 Å². The second kappa shape index (κ2) is 7.76. The summed E-state index contributed by atoms with van der Waals surface area (Å²) in [5.74, 6) is -2.37. The molecule has 19 heavy (non-hydrogen) atoms. The van der Waals surface area contributed by atoms with E-state index in [1.165, 1.54) is 6.42 Å². The van der Waals surface area contributed by atoms with Gasteiger partial charge in [0.25, 0.3) is 0 Å². The van der Waals surface area contributed by atoms with Crippen LogP contribution in [0.5, 0.6) is 0 Å². The van der Waals surface area contributed by atoms with Crippen molar-refractivity contribution in [2.45, 2.75) is 57.4 Å². The molecule has 0 aliphatic heterocycles. The summed E-state index contributed by atoms with van der Waals surface area (Å²) in [6, 6.07) is -1.21. The second-order valence-corrected chi connectivity index (χ2v) is 5.11. The van der Waals surface area contributed by atoms with Crippen LogP contribution in [0.25, 0.3) is 0 Å². The van der Waals surface area contributed by atoms with Crippen LogP contribution in [0.4, 0.5) is 0 Å². The fraction of sp³-hybridized carbons (Fsp3) is 0.769. The first kappa shape index (κ1) is 15.5. The molecule has 108 valence electrons. The van der Waals surface area contributed by atoms with E-state index in [4.69, 9.17) is 10.8 Å². The summed E-state index contributed by atoms with van der Waals surface area (Å²) < 4.78 is 0. The Hall–Kier alpha value is -1.59. The van der Waals surface area contributed by atoms with Crippen molar-refractivity contribution in [2.75, 3.05) is 0 Å². The molecule has 1 fully saturated rings. The van der Waals surface area contributed by atoms with Crippen LogP contribution in [-0.2, 0) is 14.4 Å². The van der Waals surface area contributed by atoms with Crippen LogP contribution in [0.3, 0.4) is 0 Å². The Balaban J connectivity index is 2.53. The number of amides is 2. The Bertz CT molecular complexity index is 336. The maximum absolute atomic E-state index is 12.0. The third kappa shape index (κ3) is 5.72. The number of carboxylic acids is 1. The van der Waals surface area contributed by atoms with Gasteiger partial charge in [-0.25, -0.2) is 4.79 Å². The van der Waals surface area contributed by atoms with Crippen LogP contribution in [0, 0.1) is 5.92 Å². The lowest BCUT2D eigenvalue weighted by Gasteiger charge is -2.21. The predicted octanol–water partition coefficient (Wildman–Crippen LogP) is 0.792. The van der Waals surface area contributed by atoms with Gasteiger partial charge in [0.05, 0.1) is 6.42 Å². The molecule has 1 saturated carbocycles. The normalized spacial score (nSPS) is 18.9. The average molecular weight is 270 g/mol. The molecule has 0 spiro atoms. The molecule has 2 amide bonds. The first-order chi connectivity index (χ1) is 9.00. The van der Waals surface area contributed by atoms with E-state index in [9.17, 15) is 14.4 Å². The first-order valence-corrected chi connectivity index (χ1v) is 6.82. The number of primary amides is 1. The number of rotatable bonds is 5. The zero-order chi connectivity index (χ0) is 14.3. The number of nitrogens with one attached hydrogen (secondary N) is 1. The molecule has 0 aromatic heterocycles. The van der Waals surface area contributed by atoms with Crippen LogP contribution in [0.15, 0.2) is 0 Å². The molecule has 0 unspecified atom stereocenters. The summed E-state index contributed by atoms with van der Waals surface area (Å²) in [6.45, 7) is 0. The molecule has 1 atom stereocenters. The number of aliphatic carboxylic acids is 1. The maximum Gasteiger partial charge on any atom is 0.326 e. The highest BCUT2D eigenvalue weighted by Gasteiger charge is 2.26. The summed E-state index contributed by atoms with van der Waals surface area (Å²) in [5.41, 5.74) is 4.98. The van der Waals surface area contributed by atoms with Crippen molar-refractivity contribution in [1.82, 2.24) is 5.32 Å². The third-order valence-electron chi connectivity index (χ3n) is 3.50. The van der Waals surface area contributed by atoms with Crippen LogP contribution < -0.4 is 11.1 Å². The number of nitrogens with two attached hydrogens (primary N) is 1. The molecule has 6 heteroatoms. The Kier molecular flexibility index (Phi) is 6.32. The lowest BCUT2D eigenvalue weighted by Crippen LogP contribution is -2.45. The molecule has 0 radical (unpaired) electrons. The largest absolute Gasteiger partial charge is 0.480 e. The SMILES string of the molecule is NC(=O)C[C@@H](NC(=O)C1CCCCCCC1)C(=O)O. The molecule has 0 heterocycles. The van der Waals surface area contributed by atoms with Crippen LogP contribution in [0.1, 0.15) is 51.4 Å². The smallest absolute Gasteiger partial charge is 0.326 e. The quantitative estimate of drug-likeness (QED) is 0.686. The van der Waals surface area contributed by atoms with Crippen molar-refractivity contribution in [2.24, 2.45) is 11.7 Å². The highest BCUT2D eigenvalue weighted by molar-refractivity contribution is 5.88. The van der Waals surface area contributed by atoms with Gasteiger partial charge in [0, 0.05) is 5.92 Å². The van der Waals surface area contributed by atoms with Gasteiger partial charge in [-0.05, 0) is 12.8 Å². The molecule has 6 nitrogen and oxygen atoms in total. The van der Waals surface area contributed by atoms with Gasteiger partial charge in [-0.15, -0.1) is 0 Å². The minimum absolute atomic E-state index is 0.143. The van der Waals surface area contributed by atoms with Gasteiger partial charge in [0.15, 0.2) is 0 Å². The van der Waals surface area contributed by atoms with E-state index in [2.05, 4.69) is 5.32 Å². The molecule has 0 aromatic rings. The minimum atomic E-state index is -1.22. The van der Waals surface area contributed by atoms with Crippen LogP contribution in [0.2, 0.25) is 0 Å². The predicted molar refractivity (Wildman–Crippen MR) is 69.2 cm³/mol. The average Bonchev–Trinajstić information content (AvgIpc) is 2.26. The molecule has 0 bridgehead atoms. The molecule has 0 aromatic carbocycles. The van der Waals surface area contributed by atoms with Crippen molar-refractivity contribution in [3.8, 4) is 0 Å². The van der Waals surface area contributed by atoms with Crippen LogP contribution >= 0.6 is 0 Å². The monoisotopic (exact) mass is 270 g/mol. The fourth-order valence-corrected chi connectivity index (χ4v) is 2.41. The van der Waals surface area contributed by atoms with E-state index in [0.29, 0.717) is 0 Å². The Labute approximate surface area is 112 Å². The third-order valence-corrected chi connectivity index (χ3v) is 3.50. The van der Waals surface area contributed by atoms with E-state index in [0.717, 1.165) is 38.5 Å². The van der Waals surface area contributed by atoms with Gasteiger partial charge < -0.3 is 16.2 Å². The van der Waals surface area contributed by atoms with E-state index >= 15 is 0 Å². The summed E-state index contributed by atoms with van der Waals surface area (Å²) >= 11 is 0. The molecule has 1 rings (SSSR count). The Morgan fingerprint density at radius 1 is 1.11 bits per heavy atom. The number of carbonyl (C=O) groups is 3. The zero-order valence-electron chi connectivity index (χ0n) is 11.1. The molecule has 0 saturated heterocycles. The summed E-state index contributed by atoms with van der Waals surface area (Å²) in [6.07, 6.45) is 6.63. The topological polar surface area (TPSA) is 109 Å². The van der Waals surface area contributed by atoms with Crippen molar-refractivity contribution < 1.29 is 19.5 Å². The molecule has 4 N–H and O–H groups in total. The van der Waals surface area contributed by atoms with Gasteiger partial charge in [0.2, 0.25) is 11.8 Å². The number of carboxylic acid groups (broad SMARTS) is 1. The fourth-order valence-electron chi connectivity index (χ4n) is 2.41. The highest BCUT2D eigenvalue weighted by Crippen LogP contribution is 2.22. The zero-order valence-corrected chi connectivity index (χ0v) is 11.1. The number of carbonyl (C=O) groups excluding carboxylic acids is 2. The Morgan fingerprint density at radius 3 is 2.11 bits per heavy atom. The van der Waals surface area contributed by atoms with E-state index in [-0.39, 0.29) is 18.2 Å². The minimum Gasteiger partial charge on any atom is -0.480 e. The van der Waals surface area contributed by atoms with Gasteiger partial charge in [0.1, 0.15) is 6.04 Å². The van der Waals surface area contributed by atoms with Gasteiger partial charge >= 0.3 is 5.97 Å². The van der Waals surface area contributed by atoms with E-state index < -0.39 is 17.9 Å². The lowest BCUT2D eigenvalue weighted by molar-refractivity contribution is -0.144. The maximum atomic E-state index is 12.0. The molecular formula is C13H22N2O4. The molecular weight excluding hydrogens is 248 g/mol. The number of hydrogen-bond acceptors (Lipinski definition) is 3. The van der Waals surface area contributed by atoms with E-state index in [1.54, 1.807) is 0 Å². The van der Waals surface area contributed by atoms with Gasteiger partial charge in [-0.2, -0.15) is 0 Å². The summed E-state index contributed by atoms with van der Waals surface area (Å²) in [4.78, 5) is 33.8. The van der Waals surface area contributed by atoms with Crippen molar-refractivity contribution in [3.63, 3.8) is 0 Å². The summed E-state index contributed by atoms with van der Waals surface area (Å²) in [5, 5.41) is 11.4. The first-order valence-electron chi connectivity index (χ1n) is 6.82. The lowest BCUT2D eigenvalue weighted by atomic mass is 9.90. The van der Waals surface area contributed by atoms with Gasteiger partial charge in [-0.3, -0.25) is 9.59 Å². The van der Waals surface area contributed by atoms with Crippen molar-refractivity contribution >= 4 is 17.8 Å². The summed E-state index contributed by atoms with van der Waals surface area (Å²) in [7, 11) is 0. The molecule has 1 aliphatic carbocycles. The highest BCUT2D eigenvalue weighted by atomic mass is 16.4. The second-order valence-electron chi connectivity index (χ2n) is 5.11. The molecule has 1 aliphatic rings. The van der Waals surface area contributed by atoms with Crippen molar-refractivity contribution in [3.05, 3.63) is 0 Å². The van der Waals surface area contributed by atoms with Gasteiger partial charge in [-0.1, -0.05) is 32.1 Å². The van der Waals surface area contributed by atoms with E-state index in [1.807, 2.05) is 0 Å². The standard InChI is InChI=1S/C13H22N2O4/c14-11(16)8-10(13(18)19)15-12(17)9-6-4-2-1-3-5-7-9/h9-10H,1-8H2,(H2,14,16)(H,15,17)(H,18,19)/t10-/m1/s1. The number of hydrogen-bond donors (Lipinski definition) is 3.